The van der Waals surface area contributed by atoms with Gasteiger partial charge in [0, 0.05) is 46.4 Å². The highest BCUT2D eigenvalue weighted by Crippen LogP contribution is 2.22. The first-order valence-electron chi connectivity index (χ1n) is 6.40. The van der Waals surface area contributed by atoms with Gasteiger partial charge in [-0.15, -0.1) is 0 Å². The van der Waals surface area contributed by atoms with Crippen LogP contribution in [0.3, 0.4) is 0 Å². The Morgan fingerprint density at radius 1 is 1.47 bits per heavy atom. The molecule has 3 atom stereocenters. The summed E-state index contributed by atoms with van der Waals surface area (Å²) in [6.07, 6.45) is 1.28. The molecule has 0 aliphatic carbocycles. The molecule has 98 valence electrons. The van der Waals surface area contributed by atoms with Gasteiger partial charge in [-0.3, -0.25) is 9.69 Å². The summed E-state index contributed by atoms with van der Waals surface area (Å²) in [6.45, 7) is 5.57. The summed E-state index contributed by atoms with van der Waals surface area (Å²) in [7, 11) is 3.65. The fourth-order valence-electron chi connectivity index (χ4n) is 2.80. The monoisotopic (exact) mass is 241 g/mol. The van der Waals surface area contributed by atoms with Gasteiger partial charge in [-0.05, 0) is 13.3 Å². The molecule has 2 rings (SSSR count). The average molecular weight is 241 g/mol. The summed E-state index contributed by atoms with van der Waals surface area (Å²) in [5, 5.41) is 3.31. The van der Waals surface area contributed by atoms with Gasteiger partial charge in [0.15, 0.2) is 0 Å². The Balaban J connectivity index is 2.09. The molecule has 2 heterocycles. The van der Waals surface area contributed by atoms with E-state index >= 15 is 0 Å². The maximum absolute atomic E-state index is 12.2. The van der Waals surface area contributed by atoms with Gasteiger partial charge in [0.05, 0.1) is 6.10 Å². The van der Waals surface area contributed by atoms with Crippen molar-refractivity contribution in [2.24, 2.45) is 0 Å². The molecule has 0 radical (unpaired) electrons. The molecule has 0 saturated carbocycles. The summed E-state index contributed by atoms with van der Waals surface area (Å²) in [5.74, 6) is 0.191. The molecule has 2 saturated heterocycles. The average Bonchev–Trinajstić information content (AvgIpc) is 2.74. The third kappa shape index (κ3) is 2.61. The molecule has 0 aromatic rings. The fourth-order valence-corrected chi connectivity index (χ4v) is 2.80. The first kappa shape index (κ1) is 12.8. The van der Waals surface area contributed by atoms with Crippen LogP contribution in [0.25, 0.3) is 0 Å². The lowest BCUT2D eigenvalue weighted by atomic mass is 10.0. The van der Waals surface area contributed by atoms with Gasteiger partial charge in [-0.25, -0.2) is 0 Å². The SMILES string of the molecule is CC1OCCC1N1CCNCC1C(=O)N(C)C. The van der Waals surface area contributed by atoms with Crippen molar-refractivity contribution in [3.8, 4) is 0 Å². The lowest BCUT2D eigenvalue weighted by Crippen LogP contribution is -2.61. The van der Waals surface area contributed by atoms with Crippen LogP contribution in [0.5, 0.6) is 0 Å². The highest BCUT2D eigenvalue weighted by atomic mass is 16.5. The first-order chi connectivity index (χ1) is 8.11. The Morgan fingerprint density at radius 3 is 2.82 bits per heavy atom. The minimum atomic E-state index is -0.0344. The number of ether oxygens (including phenoxy) is 1. The first-order valence-corrected chi connectivity index (χ1v) is 6.40. The van der Waals surface area contributed by atoms with Gasteiger partial charge in [-0.2, -0.15) is 0 Å². The van der Waals surface area contributed by atoms with Crippen LogP contribution in [0, 0.1) is 0 Å². The van der Waals surface area contributed by atoms with Crippen molar-refractivity contribution in [2.45, 2.75) is 31.5 Å². The van der Waals surface area contributed by atoms with E-state index in [1.807, 2.05) is 14.1 Å². The van der Waals surface area contributed by atoms with Gasteiger partial charge >= 0.3 is 0 Å². The minimum absolute atomic E-state index is 0.0344. The Morgan fingerprint density at radius 2 is 2.24 bits per heavy atom. The normalized spacial score (nSPS) is 34.9. The zero-order valence-corrected chi connectivity index (χ0v) is 11.0. The third-order valence-corrected chi connectivity index (χ3v) is 3.77. The Kier molecular flexibility index (Phi) is 4.01. The summed E-state index contributed by atoms with van der Waals surface area (Å²) < 4.78 is 5.62. The second-order valence-electron chi connectivity index (χ2n) is 5.12. The van der Waals surface area contributed by atoms with Crippen molar-refractivity contribution in [1.29, 1.82) is 0 Å². The van der Waals surface area contributed by atoms with Crippen molar-refractivity contribution in [3.05, 3.63) is 0 Å². The van der Waals surface area contributed by atoms with Crippen LogP contribution in [-0.4, -0.2) is 74.2 Å². The number of hydrogen-bond donors (Lipinski definition) is 1. The predicted octanol–water partition coefficient (Wildman–Crippen LogP) is -0.474. The molecule has 2 aliphatic heterocycles. The molecule has 1 N–H and O–H groups in total. The smallest absolute Gasteiger partial charge is 0.240 e. The maximum Gasteiger partial charge on any atom is 0.240 e. The second kappa shape index (κ2) is 5.33. The molecule has 0 aromatic carbocycles. The summed E-state index contributed by atoms with van der Waals surface area (Å²) in [6, 6.07) is 0.360. The number of nitrogens with one attached hydrogen (secondary N) is 1. The predicted molar refractivity (Wildman–Crippen MR) is 65.9 cm³/mol. The van der Waals surface area contributed by atoms with Crippen LogP contribution in [0.15, 0.2) is 0 Å². The van der Waals surface area contributed by atoms with Crippen LogP contribution < -0.4 is 5.32 Å². The number of piperazine rings is 1. The number of carbonyl (C=O) groups is 1. The lowest BCUT2D eigenvalue weighted by Gasteiger charge is -2.41. The van der Waals surface area contributed by atoms with Crippen LogP contribution in [0.2, 0.25) is 0 Å². The zero-order chi connectivity index (χ0) is 12.4. The van der Waals surface area contributed by atoms with Crippen molar-refractivity contribution in [3.63, 3.8) is 0 Å². The molecule has 0 spiro atoms. The number of hydrogen-bond acceptors (Lipinski definition) is 4. The quantitative estimate of drug-likeness (QED) is 0.710. The molecule has 1 amide bonds. The third-order valence-electron chi connectivity index (χ3n) is 3.77. The van der Waals surface area contributed by atoms with Gasteiger partial charge in [-0.1, -0.05) is 0 Å². The molecule has 2 aliphatic rings. The van der Waals surface area contributed by atoms with E-state index in [2.05, 4.69) is 17.1 Å². The van der Waals surface area contributed by atoms with E-state index in [-0.39, 0.29) is 18.1 Å². The Hall–Kier alpha value is -0.650. The van der Waals surface area contributed by atoms with E-state index in [0.717, 1.165) is 32.7 Å². The molecule has 17 heavy (non-hydrogen) atoms. The van der Waals surface area contributed by atoms with Crippen molar-refractivity contribution >= 4 is 5.91 Å². The highest BCUT2D eigenvalue weighted by molar-refractivity contribution is 5.81. The van der Waals surface area contributed by atoms with E-state index < -0.39 is 0 Å². The molecular formula is C12H23N3O2. The summed E-state index contributed by atoms with van der Waals surface area (Å²) >= 11 is 0. The number of nitrogens with zero attached hydrogens (tertiary/aromatic N) is 2. The number of amides is 1. The van der Waals surface area contributed by atoms with Crippen LogP contribution >= 0.6 is 0 Å². The number of carbonyl (C=O) groups excluding carboxylic acids is 1. The van der Waals surface area contributed by atoms with Crippen LogP contribution in [0.1, 0.15) is 13.3 Å². The number of likely N-dealkylation sites (N-methyl/N-ethyl adjacent to an activating group) is 1. The molecule has 2 fully saturated rings. The zero-order valence-electron chi connectivity index (χ0n) is 11.0. The Labute approximate surface area is 103 Å². The van der Waals surface area contributed by atoms with Crippen LogP contribution in [-0.2, 0) is 9.53 Å². The van der Waals surface area contributed by atoms with Crippen molar-refractivity contribution < 1.29 is 9.53 Å². The van der Waals surface area contributed by atoms with Gasteiger partial charge in [0.25, 0.3) is 0 Å². The van der Waals surface area contributed by atoms with E-state index in [1.54, 1.807) is 4.90 Å². The van der Waals surface area contributed by atoms with E-state index in [1.165, 1.54) is 0 Å². The maximum atomic E-state index is 12.2. The summed E-state index contributed by atoms with van der Waals surface area (Å²) in [4.78, 5) is 16.2. The Bertz CT molecular complexity index is 283. The number of rotatable bonds is 2. The largest absolute Gasteiger partial charge is 0.377 e. The van der Waals surface area contributed by atoms with E-state index in [0.29, 0.717) is 6.04 Å². The molecule has 0 bridgehead atoms. The highest BCUT2D eigenvalue weighted by Gasteiger charge is 2.38. The minimum Gasteiger partial charge on any atom is -0.377 e. The second-order valence-corrected chi connectivity index (χ2v) is 5.12. The van der Waals surface area contributed by atoms with Crippen molar-refractivity contribution in [2.75, 3.05) is 40.3 Å². The standard InChI is InChI=1S/C12H23N3O2/c1-9-10(4-7-17-9)15-6-5-13-8-11(15)12(16)14(2)3/h9-11,13H,4-8H2,1-3H3. The lowest BCUT2D eigenvalue weighted by molar-refractivity contribution is -0.136. The summed E-state index contributed by atoms with van der Waals surface area (Å²) in [5.41, 5.74) is 0. The van der Waals surface area contributed by atoms with Gasteiger partial charge in [0.2, 0.25) is 5.91 Å². The van der Waals surface area contributed by atoms with E-state index in [9.17, 15) is 4.79 Å². The topological polar surface area (TPSA) is 44.8 Å². The molecule has 0 aromatic heterocycles. The van der Waals surface area contributed by atoms with Crippen molar-refractivity contribution in [1.82, 2.24) is 15.1 Å². The van der Waals surface area contributed by atoms with E-state index in [4.69, 9.17) is 4.74 Å². The van der Waals surface area contributed by atoms with Crippen LogP contribution in [0.4, 0.5) is 0 Å². The molecular weight excluding hydrogens is 218 g/mol. The van der Waals surface area contributed by atoms with Gasteiger partial charge in [0.1, 0.15) is 6.04 Å². The van der Waals surface area contributed by atoms with Gasteiger partial charge < -0.3 is 15.0 Å². The molecule has 5 heteroatoms. The fraction of sp³-hybridized carbons (Fsp3) is 0.917. The molecule has 5 nitrogen and oxygen atoms in total. The molecule has 3 unspecified atom stereocenters.